The number of nitrogens with zero attached hydrogens (tertiary/aromatic N) is 2. The molecule has 0 radical (unpaired) electrons. The van der Waals surface area contributed by atoms with Gasteiger partial charge in [0.1, 0.15) is 5.82 Å². The van der Waals surface area contributed by atoms with Gasteiger partial charge in [-0.15, -0.1) is 0 Å². The van der Waals surface area contributed by atoms with E-state index in [1.165, 1.54) is 12.0 Å². The molecular weight excluding hydrogens is 210 g/mol. The Bertz CT molecular complexity index is 347. The summed E-state index contributed by atoms with van der Waals surface area (Å²) in [5.74, 6) is 2.63. The van der Waals surface area contributed by atoms with Crippen LogP contribution in [0.5, 0.6) is 0 Å². The number of aryl methyl sites for hydroxylation is 1. The number of nitrogens with one attached hydrogen (secondary N) is 1. The van der Waals surface area contributed by atoms with E-state index in [9.17, 15) is 0 Å². The quantitative estimate of drug-likeness (QED) is 0.866. The Hall–Kier alpha value is -1.09. The zero-order valence-corrected chi connectivity index (χ0v) is 11.1. The highest BCUT2D eigenvalue weighted by Gasteiger charge is 2.24. The van der Waals surface area contributed by atoms with E-state index in [0.717, 1.165) is 37.3 Å². The number of aromatic nitrogens is 1. The first kappa shape index (κ1) is 12.4. The van der Waals surface area contributed by atoms with Gasteiger partial charge in [0.15, 0.2) is 0 Å². The molecule has 2 atom stereocenters. The fourth-order valence-corrected chi connectivity index (χ4v) is 2.75. The van der Waals surface area contributed by atoms with Crippen LogP contribution in [0.4, 0.5) is 5.82 Å². The standard InChI is InChI=1S/C14H23N3/c1-11-4-5-14(16-7-11)17-9-12(2)6-13(10-17)8-15-3/h4-5,7,12-13,15H,6,8-10H2,1-3H3. The first-order valence-electron chi connectivity index (χ1n) is 6.51. The molecule has 3 nitrogen and oxygen atoms in total. The Morgan fingerprint density at radius 3 is 2.88 bits per heavy atom. The Kier molecular flexibility index (Phi) is 4.00. The van der Waals surface area contributed by atoms with E-state index in [4.69, 9.17) is 0 Å². The average molecular weight is 233 g/mol. The van der Waals surface area contributed by atoms with Crippen molar-refractivity contribution in [2.45, 2.75) is 20.3 Å². The molecule has 0 aromatic carbocycles. The van der Waals surface area contributed by atoms with E-state index in [1.54, 1.807) is 0 Å². The zero-order chi connectivity index (χ0) is 12.3. The van der Waals surface area contributed by atoms with Crippen LogP contribution < -0.4 is 10.2 Å². The Morgan fingerprint density at radius 1 is 1.41 bits per heavy atom. The summed E-state index contributed by atoms with van der Waals surface area (Å²) < 4.78 is 0. The van der Waals surface area contributed by atoms with Gasteiger partial charge in [-0.3, -0.25) is 0 Å². The lowest BCUT2D eigenvalue weighted by Gasteiger charge is -2.37. The van der Waals surface area contributed by atoms with Crippen molar-refractivity contribution in [3.63, 3.8) is 0 Å². The van der Waals surface area contributed by atoms with Crippen LogP contribution in [0.1, 0.15) is 18.9 Å². The SMILES string of the molecule is CNCC1CC(C)CN(c2ccc(C)cn2)C1. The van der Waals surface area contributed by atoms with E-state index in [-0.39, 0.29) is 0 Å². The number of hydrogen-bond donors (Lipinski definition) is 1. The molecule has 2 rings (SSSR count). The van der Waals surface area contributed by atoms with Crippen molar-refractivity contribution in [2.75, 3.05) is 31.6 Å². The highest BCUT2D eigenvalue weighted by Crippen LogP contribution is 2.24. The second-order valence-corrected chi connectivity index (χ2v) is 5.36. The third-order valence-corrected chi connectivity index (χ3v) is 3.46. The molecule has 2 unspecified atom stereocenters. The lowest BCUT2D eigenvalue weighted by molar-refractivity contribution is 0.328. The first-order chi connectivity index (χ1) is 8.19. The Morgan fingerprint density at radius 2 is 2.24 bits per heavy atom. The Balaban J connectivity index is 2.06. The van der Waals surface area contributed by atoms with Gasteiger partial charge in [0.25, 0.3) is 0 Å². The second kappa shape index (κ2) is 5.50. The fourth-order valence-electron chi connectivity index (χ4n) is 2.75. The van der Waals surface area contributed by atoms with Crippen LogP contribution in [-0.4, -0.2) is 31.7 Å². The van der Waals surface area contributed by atoms with Gasteiger partial charge in [-0.1, -0.05) is 13.0 Å². The van der Waals surface area contributed by atoms with Crippen LogP contribution in [-0.2, 0) is 0 Å². The highest BCUT2D eigenvalue weighted by molar-refractivity contribution is 5.39. The number of piperidine rings is 1. The lowest BCUT2D eigenvalue weighted by atomic mass is 9.90. The molecule has 3 heteroatoms. The van der Waals surface area contributed by atoms with Gasteiger partial charge < -0.3 is 10.2 Å². The molecule has 1 aliphatic rings. The lowest BCUT2D eigenvalue weighted by Crippen LogP contribution is -2.43. The number of pyridine rings is 1. The predicted molar refractivity (Wildman–Crippen MR) is 72.4 cm³/mol. The molecule has 1 aromatic rings. The van der Waals surface area contributed by atoms with Crippen molar-refractivity contribution in [2.24, 2.45) is 11.8 Å². The van der Waals surface area contributed by atoms with Crippen LogP contribution in [0.15, 0.2) is 18.3 Å². The summed E-state index contributed by atoms with van der Waals surface area (Å²) in [6.07, 6.45) is 3.28. The topological polar surface area (TPSA) is 28.2 Å². The highest BCUT2D eigenvalue weighted by atomic mass is 15.2. The van der Waals surface area contributed by atoms with Gasteiger partial charge in [0.05, 0.1) is 0 Å². The summed E-state index contributed by atoms with van der Waals surface area (Å²) in [6.45, 7) is 7.78. The minimum Gasteiger partial charge on any atom is -0.356 e. The van der Waals surface area contributed by atoms with Gasteiger partial charge in [-0.2, -0.15) is 0 Å². The van der Waals surface area contributed by atoms with Crippen molar-refractivity contribution in [1.29, 1.82) is 0 Å². The monoisotopic (exact) mass is 233 g/mol. The van der Waals surface area contributed by atoms with E-state index >= 15 is 0 Å². The summed E-state index contributed by atoms with van der Waals surface area (Å²) in [7, 11) is 2.04. The molecular formula is C14H23N3. The third kappa shape index (κ3) is 3.19. The van der Waals surface area contributed by atoms with Gasteiger partial charge in [-0.25, -0.2) is 4.98 Å². The maximum absolute atomic E-state index is 4.54. The largest absolute Gasteiger partial charge is 0.356 e. The molecule has 0 bridgehead atoms. The molecule has 0 aliphatic carbocycles. The van der Waals surface area contributed by atoms with Crippen molar-refractivity contribution in [3.05, 3.63) is 23.9 Å². The maximum atomic E-state index is 4.54. The van der Waals surface area contributed by atoms with Crippen LogP contribution in [0.3, 0.4) is 0 Å². The molecule has 2 heterocycles. The summed E-state index contributed by atoms with van der Waals surface area (Å²) in [5, 5.41) is 3.29. The van der Waals surface area contributed by atoms with E-state index in [1.807, 2.05) is 13.2 Å². The maximum Gasteiger partial charge on any atom is 0.128 e. The molecule has 17 heavy (non-hydrogen) atoms. The van der Waals surface area contributed by atoms with Gasteiger partial charge in [0, 0.05) is 19.3 Å². The van der Waals surface area contributed by atoms with Crippen LogP contribution in [0, 0.1) is 18.8 Å². The van der Waals surface area contributed by atoms with Gasteiger partial charge in [0.2, 0.25) is 0 Å². The minimum absolute atomic E-state index is 0.742. The average Bonchev–Trinajstić information content (AvgIpc) is 2.29. The Labute approximate surface area is 104 Å². The van der Waals surface area contributed by atoms with Crippen molar-refractivity contribution in [1.82, 2.24) is 10.3 Å². The molecule has 0 amide bonds. The predicted octanol–water partition coefficient (Wildman–Crippen LogP) is 2.07. The van der Waals surface area contributed by atoms with Crippen LogP contribution >= 0.6 is 0 Å². The molecule has 1 aliphatic heterocycles. The summed E-state index contributed by atoms with van der Waals surface area (Å²) in [5.41, 5.74) is 1.23. The number of hydrogen-bond acceptors (Lipinski definition) is 3. The summed E-state index contributed by atoms with van der Waals surface area (Å²) in [4.78, 5) is 6.96. The van der Waals surface area contributed by atoms with Crippen LogP contribution in [0.25, 0.3) is 0 Å². The zero-order valence-electron chi connectivity index (χ0n) is 11.1. The second-order valence-electron chi connectivity index (χ2n) is 5.36. The summed E-state index contributed by atoms with van der Waals surface area (Å²) in [6, 6.07) is 4.29. The van der Waals surface area contributed by atoms with E-state index < -0.39 is 0 Å². The molecule has 1 saturated heterocycles. The van der Waals surface area contributed by atoms with E-state index in [2.05, 4.69) is 41.2 Å². The molecule has 0 spiro atoms. The molecule has 94 valence electrons. The van der Waals surface area contributed by atoms with Crippen molar-refractivity contribution in [3.8, 4) is 0 Å². The van der Waals surface area contributed by atoms with Crippen LogP contribution in [0.2, 0.25) is 0 Å². The minimum atomic E-state index is 0.742. The number of anilines is 1. The van der Waals surface area contributed by atoms with Crippen molar-refractivity contribution >= 4 is 5.82 Å². The molecule has 1 N–H and O–H groups in total. The fraction of sp³-hybridized carbons (Fsp3) is 0.643. The first-order valence-corrected chi connectivity index (χ1v) is 6.51. The van der Waals surface area contributed by atoms with Crippen molar-refractivity contribution < 1.29 is 0 Å². The molecule has 1 fully saturated rings. The number of rotatable bonds is 3. The molecule has 0 saturated carbocycles. The van der Waals surface area contributed by atoms with E-state index in [0.29, 0.717) is 0 Å². The normalized spacial score (nSPS) is 25.0. The van der Waals surface area contributed by atoms with Gasteiger partial charge in [-0.05, 0) is 50.4 Å². The van der Waals surface area contributed by atoms with Gasteiger partial charge >= 0.3 is 0 Å². The summed E-state index contributed by atoms with van der Waals surface area (Å²) >= 11 is 0. The smallest absolute Gasteiger partial charge is 0.128 e. The molecule has 1 aromatic heterocycles. The third-order valence-electron chi connectivity index (χ3n) is 3.46.